The normalized spacial score (nSPS) is 26.9. The quantitative estimate of drug-likeness (QED) is 0.686. The summed E-state index contributed by atoms with van der Waals surface area (Å²) >= 11 is 0. The van der Waals surface area contributed by atoms with Crippen LogP contribution in [0, 0.1) is 11.8 Å². The summed E-state index contributed by atoms with van der Waals surface area (Å²) < 4.78 is 5.45. The molecular weight excluding hydrogens is 390 g/mol. The van der Waals surface area contributed by atoms with Crippen LogP contribution in [0.4, 0.5) is 4.79 Å². The lowest BCUT2D eigenvalue weighted by atomic mass is 9.80. The Kier molecular flexibility index (Phi) is 7.60. The second-order valence-electron chi connectivity index (χ2n) is 10.5. The van der Waals surface area contributed by atoms with Crippen LogP contribution in [-0.4, -0.2) is 58.6 Å². The average molecular weight is 430 g/mol. The minimum absolute atomic E-state index is 0.128. The molecule has 2 unspecified atom stereocenters. The van der Waals surface area contributed by atoms with Gasteiger partial charge in [-0.1, -0.05) is 0 Å². The van der Waals surface area contributed by atoms with Gasteiger partial charge in [-0.3, -0.25) is 9.78 Å². The third-order valence-electron chi connectivity index (χ3n) is 6.77. The lowest BCUT2D eigenvalue weighted by Gasteiger charge is -2.41. The summed E-state index contributed by atoms with van der Waals surface area (Å²) in [5.41, 5.74) is 0.861. The Morgan fingerprint density at radius 3 is 2.35 bits per heavy atom. The molecule has 2 fully saturated rings. The van der Waals surface area contributed by atoms with Gasteiger partial charge in [0, 0.05) is 44.5 Å². The molecule has 1 aliphatic carbocycles. The fraction of sp³-hybridized carbons (Fsp3) is 0.720. The number of nitrogens with zero attached hydrogens (tertiary/aromatic N) is 3. The molecule has 2 atom stereocenters. The molecule has 2 amide bonds. The zero-order chi connectivity index (χ0) is 22.6. The average Bonchev–Trinajstić information content (AvgIpc) is 2.73. The van der Waals surface area contributed by atoms with E-state index in [-0.39, 0.29) is 18.1 Å². The monoisotopic (exact) mass is 429 g/mol. The molecule has 6 nitrogen and oxygen atoms in total. The van der Waals surface area contributed by atoms with E-state index in [9.17, 15) is 9.59 Å². The fourth-order valence-corrected chi connectivity index (χ4v) is 5.07. The molecule has 1 saturated carbocycles. The highest BCUT2D eigenvalue weighted by Crippen LogP contribution is 2.35. The molecule has 2 heterocycles. The van der Waals surface area contributed by atoms with Crippen molar-refractivity contribution in [1.29, 1.82) is 0 Å². The van der Waals surface area contributed by atoms with E-state index in [0.29, 0.717) is 24.3 Å². The minimum atomic E-state index is -0.475. The minimum Gasteiger partial charge on any atom is -0.444 e. The van der Waals surface area contributed by atoms with Crippen LogP contribution in [0.5, 0.6) is 0 Å². The van der Waals surface area contributed by atoms with Gasteiger partial charge in [0.25, 0.3) is 0 Å². The van der Waals surface area contributed by atoms with E-state index < -0.39 is 5.60 Å². The summed E-state index contributed by atoms with van der Waals surface area (Å²) in [5.74, 6) is 1.42. The zero-order valence-corrected chi connectivity index (χ0v) is 19.8. The van der Waals surface area contributed by atoms with Crippen molar-refractivity contribution < 1.29 is 14.3 Å². The number of amides is 2. The molecule has 0 aromatic carbocycles. The first-order valence-corrected chi connectivity index (χ1v) is 11.8. The smallest absolute Gasteiger partial charge is 0.410 e. The Morgan fingerprint density at radius 2 is 1.77 bits per heavy atom. The van der Waals surface area contributed by atoms with Gasteiger partial charge in [-0.05, 0) is 95.8 Å². The van der Waals surface area contributed by atoms with Crippen LogP contribution in [0.3, 0.4) is 0 Å². The topological polar surface area (TPSA) is 62.7 Å². The molecule has 1 aromatic rings. The van der Waals surface area contributed by atoms with Gasteiger partial charge in [0.15, 0.2) is 0 Å². The van der Waals surface area contributed by atoms with E-state index in [0.717, 1.165) is 45.1 Å². The van der Waals surface area contributed by atoms with E-state index >= 15 is 0 Å². The van der Waals surface area contributed by atoms with Crippen molar-refractivity contribution in [3.63, 3.8) is 0 Å². The van der Waals surface area contributed by atoms with Gasteiger partial charge in [-0.25, -0.2) is 4.79 Å². The molecule has 172 valence electrons. The summed E-state index contributed by atoms with van der Waals surface area (Å²) in [6.45, 7) is 9.38. The SMILES string of the molecule is CC1CC(c2ccncc2)CCN1C(=O)[C@H]1CC[C@H](CN(C)C(=O)OC(C)(C)C)CC1. The van der Waals surface area contributed by atoms with Crippen LogP contribution < -0.4 is 0 Å². The van der Waals surface area contributed by atoms with Crippen LogP contribution in [0.25, 0.3) is 0 Å². The van der Waals surface area contributed by atoms with E-state index in [1.54, 1.807) is 11.9 Å². The van der Waals surface area contributed by atoms with E-state index in [2.05, 4.69) is 28.9 Å². The predicted octanol–water partition coefficient (Wildman–Crippen LogP) is 4.85. The van der Waals surface area contributed by atoms with Crippen molar-refractivity contribution in [2.45, 2.75) is 83.8 Å². The summed E-state index contributed by atoms with van der Waals surface area (Å²) in [5, 5.41) is 0. The van der Waals surface area contributed by atoms with Gasteiger partial charge in [-0.2, -0.15) is 0 Å². The molecule has 0 bridgehead atoms. The summed E-state index contributed by atoms with van der Waals surface area (Å²) in [6, 6.07) is 4.48. The van der Waals surface area contributed by atoms with Gasteiger partial charge in [-0.15, -0.1) is 0 Å². The molecule has 6 heteroatoms. The standard InChI is InChI=1S/C25H39N3O3/c1-18-16-22(20-10-13-26-14-11-20)12-15-28(18)23(29)21-8-6-19(7-9-21)17-27(5)24(30)31-25(2,3)4/h10-11,13-14,18-19,21-22H,6-9,12,15-17H2,1-5H3/t18?,19-,21-,22?. The van der Waals surface area contributed by atoms with Crippen LogP contribution in [-0.2, 0) is 9.53 Å². The molecule has 1 saturated heterocycles. The molecule has 0 N–H and O–H groups in total. The lowest BCUT2D eigenvalue weighted by molar-refractivity contribution is -0.140. The van der Waals surface area contributed by atoms with Crippen LogP contribution in [0.15, 0.2) is 24.5 Å². The number of ether oxygens (including phenoxy) is 1. The van der Waals surface area contributed by atoms with Crippen LogP contribution in [0.1, 0.15) is 77.7 Å². The van der Waals surface area contributed by atoms with Gasteiger partial charge in [0.2, 0.25) is 5.91 Å². The first-order chi connectivity index (χ1) is 14.6. The zero-order valence-electron chi connectivity index (χ0n) is 19.8. The Balaban J connectivity index is 1.45. The summed E-state index contributed by atoms with van der Waals surface area (Å²) in [6.07, 6.45) is 9.31. The van der Waals surface area contributed by atoms with Gasteiger partial charge < -0.3 is 14.5 Å². The number of carbonyl (C=O) groups is 2. The third kappa shape index (κ3) is 6.44. The Bertz CT molecular complexity index is 738. The number of hydrogen-bond donors (Lipinski definition) is 0. The number of carbonyl (C=O) groups excluding carboxylic acids is 2. The highest BCUT2D eigenvalue weighted by atomic mass is 16.6. The summed E-state index contributed by atoms with van der Waals surface area (Å²) in [7, 11) is 1.81. The second kappa shape index (κ2) is 10.0. The Hall–Kier alpha value is -2.11. The highest BCUT2D eigenvalue weighted by molar-refractivity contribution is 5.79. The number of likely N-dealkylation sites (tertiary alicyclic amines) is 1. The van der Waals surface area contributed by atoms with E-state index in [4.69, 9.17) is 4.74 Å². The molecule has 1 aliphatic heterocycles. The Morgan fingerprint density at radius 1 is 1.13 bits per heavy atom. The maximum Gasteiger partial charge on any atom is 0.410 e. The maximum absolute atomic E-state index is 13.2. The van der Waals surface area contributed by atoms with Crippen molar-refractivity contribution in [1.82, 2.24) is 14.8 Å². The first kappa shape index (κ1) is 23.6. The largest absolute Gasteiger partial charge is 0.444 e. The van der Waals surface area contributed by atoms with Gasteiger partial charge >= 0.3 is 6.09 Å². The third-order valence-corrected chi connectivity index (χ3v) is 6.77. The number of piperidine rings is 1. The maximum atomic E-state index is 13.2. The lowest BCUT2D eigenvalue weighted by Crippen LogP contribution is -2.47. The summed E-state index contributed by atoms with van der Waals surface area (Å²) in [4.78, 5) is 33.4. The molecular formula is C25H39N3O3. The number of hydrogen-bond acceptors (Lipinski definition) is 4. The van der Waals surface area contributed by atoms with Gasteiger partial charge in [0.05, 0.1) is 0 Å². The first-order valence-electron chi connectivity index (χ1n) is 11.8. The van der Waals surface area contributed by atoms with E-state index in [1.165, 1.54) is 5.56 Å². The molecule has 2 aliphatic rings. The van der Waals surface area contributed by atoms with Crippen molar-refractivity contribution in [2.24, 2.45) is 11.8 Å². The number of pyridine rings is 1. The van der Waals surface area contributed by atoms with Crippen molar-refractivity contribution in [3.05, 3.63) is 30.1 Å². The molecule has 3 rings (SSSR count). The number of aromatic nitrogens is 1. The molecule has 0 spiro atoms. The number of rotatable bonds is 4. The van der Waals surface area contributed by atoms with Crippen molar-refractivity contribution in [3.8, 4) is 0 Å². The van der Waals surface area contributed by atoms with Crippen LogP contribution >= 0.6 is 0 Å². The molecule has 31 heavy (non-hydrogen) atoms. The second-order valence-corrected chi connectivity index (χ2v) is 10.5. The Labute approximate surface area is 187 Å². The van der Waals surface area contributed by atoms with Crippen molar-refractivity contribution >= 4 is 12.0 Å². The fourth-order valence-electron chi connectivity index (χ4n) is 5.07. The van der Waals surface area contributed by atoms with Crippen molar-refractivity contribution in [2.75, 3.05) is 20.1 Å². The highest BCUT2D eigenvalue weighted by Gasteiger charge is 2.35. The van der Waals surface area contributed by atoms with Crippen LogP contribution in [0.2, 0.25) is 0 Å². The van der Waals surface area contributed by atoms with Gasteiger partial charge in [0.1, 0.15) is 5.60 Å². The molecule has 0 radical (unpaired) electrons. The molecule has 1 aromatic heterocycles. The predicted molar refractivity (Wildman–Crippen MR) is 122 cm³/mol. The van der Waals surface area contributed by atoms with E-state index in [1.807, 2.05) is 33.2 Å².